The number of ketones is 1. The Morgan fingerprint density at radius 1 is 0.966 bits per heavy atom. The lowest BCUT2D eigenvalue weighted by molar-refractivity contribution is -0.118. The molecular formula is C25H24N2O2. The first-order valence-corrected chi connectivity index (χ1v) is 10.1. The molecule has 4 nitrogen and oxygen atoms in total. The van der Waals surface area contributed by atoms with Crippen molar-refractivity contribution in [2.45, 2.75) is 38.5 Å². The van der Waals surface area contributed by atoms with Crippen molar-refractivity contribution >= 4 is 17.4 Å². The minimum absolute atomic E-state index is 0.0912. The van der Waals surface area contributed by atoms with Crippen LogP contribution in [0.15, 0.2) is 67.0 Å². The van der Waals surface area contributed by atoms with Crippen molar-refractivity contribution in [3.05, 3.63) is 83.7 Å². The minimum Gasteiger partial charge on any atom is -0.326 e. The van der Waals surface area contributed by atoms with Gasteiger partial charge >= 0.3 is 0 Å². The van der Waals surface area contributed by atoms with E-state index in [1.165, 1.54) is 16.7 Å². The number of Topliss-reactive ketones (excluding diaryl/α,β-unsaturated/α-hetero) is 1. The first-order chi connectivity index (χ1) is 14.2. The van der Waals surface area contributed by atoms with Gasteiger partial charge in [-0.25, -0.2) is 0 Å². The third kappa shape index (κ3) is 4.96. The van der Waals surface area contributed by atoms with Crippen molar-refractivity contribution in [2.24, 2.45) is 0 Å². The summed E-state index contributed by atoms with van der Waals surface area (Å²) < 4.78 is 0. The summed E-state index contributed by atoms with van der Waals surface area (Å²) in [6, 6.07) is 18.6. The Hall–Kier alpha value is -3.27. The molecule has 0 aliphatic carbocycles. The summed E-state index contributed by atoms with van der Waals surface area (Å²) >= 11 is 0. The van der Waals surface area contributed by atoms with Gasteiger partial charge in [0, 0.05) is 37.3 Å². The van der Waals surface area contributed by atoms with E-state index >= 15 is 0 Å². The van der Waals surface area contributed by atoms with Crippen molar-refractivity contribution in [3.63, 3.8) is 0 Å². The zero-order chi connectivity index (χ0) is 20.1. The number of benzene rings is 2. The zero-order valence-electron chi connectivity index (χ0n) is 16.4. The molecule has 3 aromatic rings. The van der Waals surface area contributed by atoms with E-state index in [9.17, 15) is 9.59 Å². The first kappa shape index (κ1) is 19.1. The number of hydrogen-bond donors (Lipinski definition) is 1. The number of anilines is 1. The molecule has 2 aromatic carbocycles. The fraction of sp³-hybridized carbons (Fsp3) is 0.240. The van der Waals surface area contributed by atoms with E-state index in [1.807, 2.05) is 18.2 Å². The molecule has 0 atom stereocenters. The molecule has 0 spiro atoms. The Kier molecular flexibility index (Phi) is 5.80. The van der Waals surface area contributed by atoms with Gasteiger partial charge in [-0.3, -0.25) is 14.6 Å². The monoisotopic (exact) mass is 384 g/mol. The number of carbonyl (C=O) groups is 2. The number of hydrogen-bond acceptors (Lipinski definition) is 3. The Bertz CT molecular complexity index is 1010. The summed E-state index contributed by atoms with van der Waals surface area (Å²) in [7, 11) is 0. The van der Waals surface area contributed by atoms with Crippen LogP contribution in [0.1, 0.15) is 36.0 Å². The van der Waals surface area contributed by atoms with Crippen LogP contribution >= 0.6 is 0 Å². The highest BCUT2D eigenvalue weighted by molar-refractivity contribution is 5.94. The van der Waals surface area contributed by atoms with E-state index in [4.69, 9.17) is 0 Å². The van der Waals surface area contributed by atoms with E-state index in [-0.39, 0.29) is 11.7 Å². The smallest absolute Gasteiger partial charge is 0.224 e. The van der Waals surface area contributed by atoms with Gasteiger partial charge in [-0.2, -0.15) is 0 Å². The zero-order valence-corrected chi connectivity index (χ0v) is 16.4. The normalized spacial score (nSPS) is 12.9. The second-order valence-corrected chi connectivity index (χ2v) is 7.55. The molecule has 1 aromatic heterocycles. The van der Waals surface area contributed by atoms with Gasteiger partial charge in [0.25, 0.3) is 0 Å². The first-order valence-electron chi connectivity index (χ1n) is 10.1. The van der Waals surface area contributed by atoms with Crippen LogP contribution in [0.4, 0.5) is 5.69 Å². The summed E-state index contributed by atoms with van der Waals surface area (Å²) in [4.78, 5) is 27.7. The molecule has 1 N–H and O–H groups in total. The molecule has 4 heteroatoms. The lowest BCUT2D eigenvalue weighted by Gasteiger charge is -2.17. The van der Waals surface area contributed by atoms with Gasteiger partial charge in [0.2, 0.25) is 5.91 Å². The van der Waals surface area contributed by atoms with Gasteiger partial charge in [0.1, 0.15) is 5.78 Å². The van der Waals surface area contributed by atoms with Crippen molar-refractivity contribution < 1.29 is 9.59 Å². The molecular weight excluding hydrogens is 360 g/mol. The highest BCUT2D eigenvalue weighted by Crippen LogP contribution is 2.29. The Morgan fingerprint density at radius 3 is 2.59 bits per heavy atom. The fourth-order valence-corrected chi connectivity index (χ4v) is 3.74. The van der Waals surface area contributed by atoms with Gasteiger partial charge in [-0.1, -0.05) is 36.4 Å². The van der Waals surface area contributed by atoms with Crippen molar-refractivity contribution in [1.82, 2.24) is 4.98 Å². The Balaban J connectivity index is 1.31. The minimum atomic E-state index is 0.0912. The van der Waals surface area contributed by atoms with Crippen LogP contribution in [-0.2, 0) is 28.9 Å². The maximum atomic E-state index is 12.1. The van der Waals surface area contributed by atoms with Gasteiger partial charge < -0.3 is 5.32 Å². The van der Waals surface area contributed by atoms with Gasteiger partial charge in [-0.05, 0) is 65.3 Å². The van der Waals surface area contributed by atoms with Crippen LogP contribution in [0.25, 0.3) is 11.1 Å². The number of pyridine rings is 1. The summed E-state index contributed by atoms with van der Waals surface area (Å²) in [5.74, 6) is 0.351. The lowest BCUT2D eigenvalue weighted by atomic mass is 9.96. The third-order valence-corrected chi connectivity index (χ3v) is 5.33. The van der Waals surface area contributed by atoms with E-state index in [2.05, 4.69) is 46.7 Å². The van der Waals surface area contributed by atoms with E-state index in [0.29, 0.717) is 19.3 Å². The molecule has 1 aliphatic rings. The highest BCUT2D eigenvalue weighted by Gasteiger charge is 2.15. The summed E-state index contributed by atoms with van der Waals surface area (Å²) in [6.07, 6.45) is 7.63. The number of carbonyl (C=O) groups excluding carboxylic acids is 2. The number of nitrogens with zero attached hydrogens (tertiary/aromatic N) is 1. The quantitative estimate of drug-likeness (QED) is 0.638. The van der Waals surface area contributed by atoms with E-state index in [1.54, 1.807) is 12.4 Å². The molecule has 1 amide bonds. The average molecular weight is 384 g/mol. The Morgan fingerprint density at radius 2 is 1.79 bits per heavy atom. The summed E-state index contributed by atoms with van der Waals surface area (Å²) in [5, 5.41) is 2.93. The molecule has 0 radical (unpaired) electrons. The largest absolute Gasteiger partial charge is 0.326 e. The van der Waals surface area contributed by atoms with Crippen molar-refractivity contribution in [2.75, 3.05) is 5.32 Å². The molecule has 29 heavy (non-hydrogen) atoms. The molecule has 4 rings (SSSR count). The number of rotatable bonds is 7. The lowest BCUT2D eigenvalue weighted by Crippen LogP contribution is -2.18. The highest BCUT2D eigenvalue weighted by atomic mass is 16.1. The topological polar surface area (TPSA) is 59.1 Å². The summed E-state index contributed by atoms with van der Waals surface area (Å²) in [6.45, 7) is 0. The number of aryl methyl sites for hydroxylation is 2. The van der Waals surface area contributed by atoms with Crippen LogP contribution in [0.3, 0.4) is 0 Å². The predicted molar refractivity (Wildman–Crippen MR) is 115 cm³/mol. The second-order valence-electron chi connectivity index (χ2n) is 7.55. The van der Waals surface area contributed by atoms with Crippen LogP contribution in [0, 0.1) is 0 Å². The third-order valence-electron chi connectivity index (χ3n) is 5.33. The van der Waals surface area contributed by atoms with Crippen LogP contribution in [0.5, 0.6) is 0 Å². The molecule has 0 bridgehead atoms. The molecule has 0 fully saturated rings. The number of nitrogens with one attached hydrogen (secondary N) is 1. The van der Waals surface area contributed by atoms with Gasteiger partial charge in [-0.15, -0.1) is 0 Å². The standard InChI is InChI=1S/C25H24N2O2/c28-23(15-19-4-2-14-26-17-19)5-1-3-18-6-8-20(9-7-18)21-10-12-24-22(16-21)11-13-25(29)27-24/h2,4,6-10,12,14,16-17H,1,3,5,11,13,15H2,(H,27,29). The van der Waals surface area contributed by atoms with Crippen LogP contribution in [-0.4, -0.2) is 16.7 Å². The number of fused-ring (bicyclic) bond motifs is 1. The van der Waals surface area contributed by atoms with Gasteiger partial charge in [0.15, 0.2) is 0 Å². The average Bonchev–Trinajstić information content (AvgIpc) is 2.74. The van der Waals surface area contributed by atoms with Gasteiger partial charge in [0.05, 0.1) is 0 Å². The van der Waals surface area contributed by atoms with Crippen LogP contribution < -0.4 is 5.32 Å². The molecule has 2 heterocycles. The fourth-order valence-electron chi connectivity index (χ4n) is 3.74. The van der Waals surface area contributed by atoms with E-state index in [0.717, 1.165) is 36.1 Å². The van der Waals surface area contributed by atoms with Crippen molar-refractivity contribution in [3.8, 4) is 11.1 Å². The second kappa shape index (κ2) is 8.82. The van der Waals surface area contributed by atoms with Crippen molar-refractivity contribution in [1.29, 1.82) is 0 Å². The SMILES string of the molecule is O=C(CCCc1ccc(-c2ccc3c(c2)CCC(=O)N3)cc1)Cc1cccnc1. The molecule has 146 valence electrons. The summed E-state index contributed by atoms with van der Waals surface area (Å²) in [5.41, 5.74) is 6.68. The molecule has 1 aliphatic heterocycles. The molecule has 0 saturated carbocycles. The number of aromatic nitrogens is 1. The number of amides is 1. The maximum absolute atomic E-state index is 12.1. The maximum Gasteiger partial charge on any atom is 0.224 e. The van der Waals surface area contributed by atoms with Crippen LogP contribution in [0.2, 0.25) is 0 Å². The molecule has 0 saturated heterocycles. The van der Waals surface area contributed by atoms with E-state index < -0.39 is 0 Å². The molecule has 0 unspecified atom stereocenters. The predicted octanol–water partition coefficient (Wildman–Crippen LogP) is 4.77. The Labute approximate surface area is 171 Å².